The molecular formula is C16H23N3OS. The Bertz CT molecular complexity index is 481. The Balaban J connectivity index is 1.82. The molecule has 0 aromatic heterocycles. The summed E-state index contributed by atoms with van der Waals surface area (Å²) in [6.07, 6.45) is 1.08. The number of nitriles is 1. The summed E-state index contributed by atoms with van der Waals surface area (Å²) in [7, 11) is 0. The molecule has 0 saturated carbocycles. The molecule has 0 bridgehead atoms. The summed E-state index contributed by atoms with van der Waals surface area (Å²) in [4.78, 5) is 3.50. The number of nitrogens with zero attached hydrogens (tertiary/aromatic N) is 2. The lowest BCUT2D eigenvalue weighted by atomic mass is 10.2. The van der Waals surface area contributed by atoms with Gasteiger partial charge in [-0.1, -0.05) is 13.0 Å². The van der Waals surface area contributed by atoms with Crippen molar-refractivity contribution in [3.63, 3.8) is 0 Å². The molecular weight excluding hydrogens is 282 g/mol. The van der Waals surface area contributed by atoms with E-state index in [1.54, 1.807) is 11.8 Å². The first kappa shape index (κ1) is 16.2. The second kappa shape index (κ2) is 8.93. The molecule has 21 heavy (non-hydrogen) atoms. The van der Waals surface area contributed by atoms with E-state index >= 15 is 0 Å². The molecule has 114 valence electrons. The van der Waals surface area contributed by atoms with Crippen LogP contribution in [0.4, 0.5) is 5.69 Å². The van der Waals surface area contributed by atoms with Crippen LogP contribution in [0, 0.1) is 11.3 Å². The van der Waals surface area contributed by atoms with Crippen molar-refractivity contribution in [1.82, 2.24) is 4.90 Å². The van der Waals surface area contributed by atoms with Crippen LogP contribution in [-0.4, -0.2) is 50.0 Å². The zero-order chi connectivity index (χ0) is 14.9. The van der Waals surface area contributed by atoms with Crippen LogP contribution < -0.4 is 5.32 Å². The second-order valence-electron chi connectivity index (χ2n) is 4.96. The Morgan fingerprint density at radius 2 is 2.19 bits per heavy atom. The number of hydrogen-bond acceptors (Lipinski definition) is 5. The predicted octanol–water partition coefficient (Wildman–Crippen LogP) is 2.80. The largest absolute Gasteiger partial charge is 0.384 e. The highest BCUT2D eigenvalue weighted by Crippen LogP contribution is 2.27. The van der Waals surface area contributed by atoms with Crippen LogP contribution in [0.1, 0.15) is 18.9 Å². The zero-order valence-electron chi connectivity index (χ0n) is 12.6. The van der Waals surface area contributed by atoms with E-state index in [1.807, 2.05) is 18.2 Å². The second-order valence-corrected chi connectivity index (χ2v) is 6.26. The number of morpholine rings is 1. The molecule has 1 aliphatic heterocycles. The molecule has 1 saturated heterocycles. The van der Waals surface area contributed by atoms with E-state index in [0.29, 0.717) is 0 Å². The van der Waals surface area contributed by atoms with Gasteiger partial charge in [0.25, 0.3) is 0 Å². The molecule has 0 spiro atoms. The van der Waals surface area contributed by atoms with Crippen LogP contribution in [0.3, 0.4) is 0 Å². The number of nitrogens with one attached hydrogen (secondary N) is 1. The number of ether oxygens (including phenoxy) is 1. The first-order valence-electron chi connectivity index (χ1n) is 7.55. The SMILES string of the molecule is CCSc1cccc(NCCCN2CCOCC2)c1C#N. The van der Waals surface area contributed by atoms with Gasteiger partial charge in [-0.3, -0.25) is 4.90 Å². The van der Waals surface area contributed by atoms with Crippen molar-refractivity contribution in [2.24, 2.45) is 0 Å². The lowest BCUT2D eigenvalue weighted by molar-refractivity contribution is 0.0378. The molecule has 0 aliphatic carbocycles. The summed E-state index contributed by atoms with van der Waals surface area (Å²) < 4.78 is 5.35. The summed E-state index contributed by atoms with van der Waals surface area (Å²) in [5.74, 6) is 0.981. The van der Waals surface area contributed by atoms with Gasteiger partial charge in [0.2, 0.25) is 0 Å². The summed E-state index contributed by atoms with van der Waals surface area (Å²) in [5.41, 5.74) is 1.73. The molecule has 0 atom stereocenters. The zero-order valence-corrected chi connectivity index (χ0v) is 13.4. The number of thioether (sulfide) groups is 1. The molecule has 1 aromatic rings. The molecule has 1 N–H and O–H groups in total. The number of anilines is 1. The Kier molecular flexibility index (Phi) is 6.87. The summed E-state index contributed by atoms with van der Waals surface area (Å²) in [6.45, 7) is 7.85. The molecule has 1 heterocycles. The lowest BCUT2D eigenvalue weighted by Crippen LogP contribution is -2.37. The van der Waals surface area contributed by atoms with E-state index in [1.165, 1.54) is 0 Å². The van der Waals surface area contributed by atoms with Gasteiger partial charge in [0.1, 0.15) is 6.07 Å². The quantitative estimate of drug-likeness (QED) is 0.620. The average molecular weight is 305 g/mol. The van der Waals surface area contributed by atoms with Crippen molar-refractivity contribution in [1.29, 1.82) is 5.26 Å². The van der Waals surface area contributed by atoms with E-state index in [4.69, 9.17) is 4.74 Å². The van der Waals surface area contributed by atoms with Gasteiger partial charge in [-0.25, -0.2) is 0 Å². The highest BCUT2D eigenvalue weighted by Gasteiger charge is 2.10. The molecule has 1 fully saturated rings. The lowest BCUT2D eigenvalue weighted by Gasteiger charge is -2.26. The minimum Gasteiger partial charge on any atom is -0.384 e. The third-order valence-corrected chi connectivity index (χ3v) is 4.45. The molecule has 1 aliphatic rings. The van der Waals surface area contributed by atoms with Crippen molar-refractivity contribution < 1.29 is 4.74 Å². The molecule has 0 unspecified atom stereocenters. The standard InChI is InChI=1S/C16H23N3OS/c1-2-21-16-6-3-5-15(14(16)13-17)18-7-4-8-19-9-11-20-12-10-19/h3,5-6,18H,2,4,7-12H2,1H3. The van der Waals surface area contributed by atoms with Crippen molar-refractivity contribution in [2.45, 2.75) is 18.2 Å². The molecule has 0 radical (unpaired) electrons. The Labute approximate surface area is 131 Å². The molecule has 2 rings (SSSR count). The van der Waals surface area contributed by atoms with Crippen LogP contribution >= 0.6 is 11.8 Å². The molecule has 0 amide bonds. The van der Waals surface area contributed by atoms with E-state index in [-0.39, 0.29) is 0 Å². The van der Waals surface area contributed by atoms with Crippen molar-refractivity contribution in [2.75, 3.05) is 50.5 Å². The molecule has 5 heteroatoms. The van der Waals surface area contributed by atoms with Crippen molar-refractivity contribution in [3.05, 3.63) is 23.8 Å². The van der Waals surface area contributed by atoms with Crippen molar-refractivity contribution >= 4 is 17.4 Å². The van der Waals surface area contributed by atoms with Gasteiger partial charge in [0.15, 0.2) is 0 Å². The minimum absolute atomic E-state index is 0.774. The van der Waals surface area contributed by atoms with Gasteiger partial charge in [0.05, 0.1) is 24.5 Å². The van der Waals surface area contributed by atoms with Gasteiger partial charge >= 0.3 is 0 Å². The smallest absolute Gasteiger partial charge is 0.102 e. The van der Waals surface area contributed by atoms with Crippen LogP contribution in [0.2, 0.25) is 0 Å². The number of hydrogen-bond donors (Lipinski definition) is 1. The first-order chi connectivity index (χ1) is 10.3. The van der Waals surface area contributed by atoms with E-state index in [2.05, 4.69) is 23.2 Å². The predicted molar refractivity (Wildman–Crippen MR) is 87.9 cm³/mol. The normalized spacial score (nSPS) is 15.6. The fourth-order valence-corrected chi connectivity index (χ4v) is 3.21. The van der Waals surface area contributed by atoms with Gasteiger partial charge < -0.3 is 10.1 Å². The van der Waals surface area contributed by atoms with Crippen molar-refractivity contribution in [3.8, 4) is 6.07 Å². The number of rotatable bonds is 7. The molecule has 4 nitrogen and oxygen atoms in total. The maximum atomic E-state index is 9.36. The van der Waals surface area contributed by atoms with E-state index in [9.17, 15) is 5.26 Å². The van der Waals surface area contributed by atoms with E-state index in [0.717, 1.165) is 67.7 Å². The van der Waals surface area contributed by atoms with Gasteiger partial charge in [-0.2, -0.15) is 5.26 Å². The number of benzene rings is 1. The van der Waals surface area contributed by atoms with Gasteiger partial charge in [0, 0.05) is 24.5 Å². The monoisotopic (exact) mass is 305 g/mol. The maximum Gasteiger partial charge on any atom is 0.102 e. The summed E-state index contributed by atoms with van der Waals surface area (Å²) in [6, 6.07) is 8.36. The third-order valence-electron chi connectivity index (χ3n) is 3.51. The van der Waals surface area contributed by atoms with Crippen LogP contribution in [0.25, 0.3) is 0 Å². The Morgan fingerprint density at radius 3 is 2.90 bits per heavy atom. The minimum atomic E-state index is 0.774. The Morgan fingerprint density at radius 1 is 1.38 bits per heavy atom. The van der Waals surface area contributed by atoms with Crippen LogP contribution in [-0.2, 0) is 4.74 Å². The highest BCUT2D eigenvalue weighted by molar-refractivity contribution is 7.99. The highest BCUT2D eigenvalue weighted by atomic mass is 32.2. The average Bonchev–Trinajstić information content (AvgIpc) is 2.53. The first-order valence-corrected chi connectivity index (χ1v) is 8.53. The fourth-order valence-electron chi connectivity index (χ4n) is 2.42. The molecule has 1 aromatic carbocycles. The topological polar surface area (TPSA) is 48.3 Å². The van der Waals surface area contributed by atoms with Gasteiger partial charge in [-0.05, 0) is 30.9 Å². The fraction of sp³-hybridized carbons (Fsp3) is 0.562. The summed E-state index contributed by atoms with van der Waals surface area (Å²) in [5, 5.41) is 12.8. The van der Waals surface area contributed by atoms with Crippen LogP contribution in [0.15, 0.2) is 23.1 Å². The van der Waals surface area contributed by atoms with Gasteiger partial charge in [-0.15, -0.1) is 11.8 Å². The third kappa shape index (κ3) is 4.92. The Hall–Kier alpha value is -1.22. The van der Waals surface area contributed by atoms with Crippen LogP contribution in [0.5, 0.6) is 0 Å². The summed E-state index contributed by atoms with van der Waals surface area (Å²) >= 11 is 1.72. The maximum absolute atomic E-state index is 9.36. The van der Waals surface area contributed by atoms with E-state index < -0.39 is 0 Å².